The average molecular weight is 722 g/mol. The molecular weight excluding hydrogens is 688 g/mol. The lowest BCUT2D eigenvalue weighted by Crippen LogP contribution is -2.55. The topological polar surface area (TPSA) is 179 Å². The minimum atomic E-state index is -3.84. The fourth-order valence-corrected chi connectivity index (χ4v) is 6.99. The van der Waals surface area contributed by atoms with Gasteiger partial charge in [0.1, 0.15) is 29.5 Å². The summed E-state index contributed by atoms with van der Waals surface area (Å²) in [5.41, 5.74) is 1.37. The number of aliphatic carboxylic acids is 1. The van der Waals surface area contributed by atoms with E-state index in [4.69, 9.17) is 4.74 Å². The maximum absolute atomic E-state index is 13.7. The molecule has 4 aromatic carbocycles. The number of halogens is 2. The fraction of sp³-hybridized carbons (Fsp3) is 0.222. The molecule has 3 amide bonds. The first-order valence-corrected chi connectivity index (χ1v) is 17.3. The normalized spacial score (nSPS) is 16.8. The Morgan fingerprint density at radius 3 is 2.04 bits per heavy atom. The van der Waals surface area contributed by atoms with Crippen molar-refractivity contribution in [2.45, 2.75) is 29.4 Å². The van der Waals surface area contributed by atoms with E-state index in [1.807, 2.05) is 0 Å². The number of benzene rings is 4. The summed E-state index contributed by atoms with van der Waals surface area (Å²) in [7, 11) is -3.84. The molecular formula is C36H33F2N3O9S. The van der Waals surface area contributed by atoms with Crippen molar-refractivity contribution in [2.24, 2.45) is 5.92 Å². The monoisotopic (exact) mass is 721 g/mol. The lowest BCUT2D eigenvalue weighted by atomic mass is 9.80. The quantitative estimate of drug-likeness (QED) is 0.106. The van der Waals surface area contributed by atoms with Gasteiger partial charge in [-0.05, 0) is 78.2 Å². The summed E-state index contributed by atoms with van der Waals surface area (Å²) >= 11 is 0. The first-order chi connectivity index (χ1) is 24.4. The first-order valence-electron chi connectivity index (χ1n) is 15.7. The summed E-state index contributed by atoms with van der Waals surface area (Å²) in [6.45, 7) is -1.39. The zero-order valence-electron chi connectivity index (χ0n) is 26.8. The van der Waals surface area contributed by atoms with Crippen LogP contribution in [0, 0.1) is 17.6 Å². The van der Waals surface area contributed by atoms with Gasteiger partial charge in [0.15, 0.2) is 16.4 Å². The molecule has 0 spiro atoms. The van der Waals surface area contributed by atoms with Crippen LogP contribution >= 0.6 is 0 Å². The molecule has 1 heterocycles. The van der Waals surface area contributed by atoms with Crippen molar-refractivity contribution in [1.82, 2.24) is 10.6 Å². The molecule has 0 aromatic heterocycles. The molecule has 4 N–H and O–H groups in total. The fourth-order valence-electron chi connectivity index (χ4n) is 5.64. The SMILES string of the molecule is O=C(COc1ccc(C2C(CCS(=O)(=O)c3ccc(F)cc3)C(=O)N2c2ccc(F)cc2)cc1)N[C@@H](C(=O)N[C@@H](CO)C(=O)O)c1ccccc1. The van der Waals surface area contributed by atoms with E-state index in [2.05, 4.69) is 10.6 Å². The van der Waals surface area contributed by atoms with Crippen LogP contribution in [0.15, 0.2) is 108 Å². The number of aliphatic hydroxyl groups is 1. The number of hydrogen-bond acceptors (Lipinski definition) is 8. The number of hydrogen-bond donors (Lipinski definition) is 4. The van der Waals surface area contributed by atoms with Crippen molar-refractivity contribution in [3.63, 3.8) is 0 Å². The highest BCUT2D eigenvalue weighted by Gasteiger charge is 2.49. The minimum Gasteiger partial charge on any atom is -0.484 e. The summed E-state index contributed by atoms with van der Waals surface area (Å²) in [5.74, 6) is -5.35. The highest BCUT2D eigenvalue weighted by atomic mass is 32.2. The van der Waals surface area contributed by atoms with Gasteiger partial charge in [0.25, 0.3) is 5.91 Å². The number of carboxylic acids is 1. The van der Waals surface area contributed by atoms with Crippen LogP contribution in [0.1, 0.15) is 29.6 Å². The number of anilines is 1. The van der Waals surface area contributed by atoms with Crippen LogP contribution in [0.4, 0.5) is 14.5 Å². The van der Waals surface area contributed by atoms with Gasteiger partial charge in [0, 0.05) is 5.69 Å². The van der Waals surface area contributed by atoms with E-state index >= 15 is 0 Å². The van der Waals surface area contributed by atoms with E-state index in [0.717, 1.165) is 24.3 Å². The molecule has 4 aromatic rings. The molecule has 2 unspecified atom stereocenters. The van der Waals surface area contributed by atoms with Crippen LogP contribution in [-0.2, 0) is 29.0 Å². The highest BCUT2D eigenvalue weighted by molar-refractivity contribution is 7.91. The largest absolute Gasteiger partial charge is 0.484 e. The molecule has 0 radical (unpaired) electrons. The van der Waals surface area contributed by atoms with Gasteiger partial charge in [-0.25, -0.2) is 22.0 Å². The van der Waals surface area contributed by atoms with Crippen molar-refractivity contribution in [1.29, 1.82) is 0 Å². The number of β-lactam (4-membered cyclic amide) rings is 1. The molecule has 1 aliphatic heterocycles. The van der Waals surface area contributed by atoms with Gasteiger partial charge < -0.3 is 30.5 Å². The molecule has 15 heteroatoms. The summed E-state index contributed by atoms with van der Waals surface area (Å²) in [4.78, 5) is 51.8. The standard InChI is InChI=1S/C36H33F2N3O9S/c37-24-8-12-26(13-9-24)41-33(29(35(41)45)18-19-51(48,49)28-16-10-25(38)11-17-28)23-6-14-27(15-7-23)50-21-31(43)40-32(22-4-2-1-3-5-22)34(44)39-30(20-42)36(46)47/h1-17,29-30,32-33,42H,18-21H2,(H,39,44)(H,40,43)(H,46,47)/t29?,30-,32+,33?/m0/s1. The zero-order valence-corrected chi connectivity index (χ0v) is 27.6. The molecule has 5 rings (SSSR count). The number of sulfone groups is 1. The Labute approximate surface area is 291 Å². The Morgan fingerprint density at radius 2 is 1.45 bits per heavy atom. The molecule has 266 valence electrons. The number of carbonyl (C=O) groups is 4. The van der Waals surface area contributed by atoms with Gasteiger partial charge in [-0.3, -0.25) is 14.4 Å². The minimum absolute atomic E-state index is 0.0407. The molecule has 1 aliphatic rings. The molecule has 4 atom stereocenters. The van der Waals surface area contributed by atoms with Crippen molar-refractivity contribution in [2.75, 3.05) is 23.9 Å². The average Bonchev–Trinajstić information content (AvgIpc) is 3.12. The third-order valence-electron chi connectivity index (χ3n) is 8.28. The summed E-state index contributed by atoms with van der Waals surface area (Å²) in [5, 5.41) is 23.2. The van der Waals surface area contributed by atoms with Crippen LogP contribution in [0.2, 0.25) is 0 Å². The molecule has 1 fully saturated rings. The Balaban J connectivity index is 1.28. The van der Waals surface area contributed by atoms with Gasteiger partial charge in [0.2, 0.25) is 11.8 Å². The highest BCUT2D eigenvalue weighted by Crippen LogP contribution is 2.45. The number of ether oxygens (including phenoxy) is 1. The van der Waals surface area contributed by atoms with E-state index < -0.39 is 76.5 Å². The molecule has 51 heavy (non-hydrogen) atoms. The van der Waals surface area contributed by atoms with E-state index in [1.54, 1.807) is 54.6 Å². The van der Waals surface area contributed by atoms with Gasteiger partial charge in [-0.15, -0.1) is 0 Å². The van der Waals surface area contributed by atoms with E-state index in [1.165, 1.54) is 29.2 Å². The summed E-state index contributed by atoms with van der Waals surface area (Å²) in [6, 6.07) is 20.6. The summed E-state index contributed by atoms with van der Waals surface area (Å²) < 4.78 is 58.6. The first kappa shape index (κ1) is 36.6. The van der Waals surface area contributed by atoms with E-state index in [9.17, 15) is 46.6 Å². The van der Waals surface area contributed by atoms with E-state index in [-0.39, 0.29) is 28.7 Å². The number of amides is 3. The number of carboxylic acid groups (broad SMARTS) is 1. The second kappa shape index (κ2) is 15.9. The number of carbonyl (C=O) groups excluding carboxylic acids is 3. The number of rotatable bonds is 15. The zero-order chi connectivity index (χ0) is 36.7. The molecule has 12 nitrogen and oxygen atoms in total. The Bertz CT molecular complexity index is 1980. The third-order valence-corrected chi connectivity index (χ3v) is 10.0. The summed E-state index contributed by atoms with van der Waals surface area (Å²) in [6.07, 6.45) is -0.0407. The van der Waals surface area contributed by atoms with Crippen molar-refractivity contribution in [3.8, 4) is 5.75 Å². The Morgan fingerprint density at radius 1 is 0.843 bits per heavy atom. The van der Waals surface area contributed by atoms with Crippen LogP contribution in [0.25, 0.3) is 0 Å². The van der Waals surface area contributed by atoms with Crippen LogP contribution in [-0.4, -0.2) is 67.3 Å². The number of aliphatic hydroxyl groups excluding tert-OH is 1. The number of nitrogens with one attached hydrogen (secondary N) is 2. The van der Waals surface area contributed by atoms with Gasteiger partial charge in [0.05, 0.1) is 29.2 Å². The number of nitrogens with zero attached hydrogens (tertiary/aromatic N) is 1. The van der Waals surface area contributed by atoms with Crippen molar-refractivity contribution in [3.05, 3.63) is 126 Å². The smallest absolute Gasteiger partial charge is 0.328 e. The maximum Gasteiger partial charge on any atom is 0.328 e. The van der Waals surface area contributed by atoms with Crippen molar-refractivity contribution < 1.29 is 51.3 Å². The molecule has 1 saturated heterocycles. The predicted molar refractivity (Wildman–Crippen MR) is 179 cm³/mol. The van der Waals surface area contributed by atoms with E-state index in [0.29, 0.717) is 16.8 Å². The second-order valence-corrected chi connectivity index (χ2v) is 13.8. The van der Waals surface area contributed by atoms with Crippen LogP contribution < -0.4 is 20.3 Å². The molecule has 0 saturated carbocycles. The molecule has 0 aliphatic carbocycles. The Hall–Kier alpha value is -5.67. The lowest BCUT2D eigenvalue weighted by Gasteiger charge is -2.47. The van der Waals surface area contributed by atoms with Crippen molar-refractivity contribution >= 4 is 39.2 Å². The lowest BCUT2D eigenvalue weighted by molar-refractivity contribution is -0.143. The molecule has 0 bridgehead atoms. The maximum atomic E-state index is 13.7. The third kappa shape index (κ3) is 8.74. The van der Waals surface area contributed by atoms with Gasteiger partial charge in [-0.1, -0.05) is 42.5 Å². The van der Waals surface area contributed by atoms with Crippen LogP contribution in [0.5, 0.6) is 5.75 Å². The van der Waals surface area contributed by atoms with Gasteiger partial charge >= 0.3 is 5.97 Å². The second-order valence-electron chi connectivity index (χ2n) is 11.6. The Kier molecular flexibility index (Phi) is 11.4. The predicted octanol–water partition coefficient (Wildman–Crippen LogP) is 3.33. The van der Waals surface area contributed by atoms with Crippen LogP contribution in [0.3, 0.4) is 0 Å². The van der Waals surface area contributed by atoms with Gasteiger partial charge in [-0.2, -0.15) is 0 Å².